The van der Waals surface area contributed by atoms with Gasteiger partial charge in [0.05, 0.1) is 122 Å². The Labute approximate surface area is 385 Å². The third kappa shape index (κ3) is 14.2. The highest BCUT2D eigenvalue weighted by Gasteiger charge is 2.13. The van der Waals surface area contributed by atoms with Crippen LogP contribution in [0.2, 0.25) is 0 Å². The van der Waals surface area contributed by atoms with Crippen molar-refractivity contribution in [3.05, 3.63) is 103 Å². The number of nitrogens with one attached hydrogen (secondary N) is 2. The summed E-state index contributed by atoms with van der Waals surface area (Å²) in [6.07, 6.45) is 0. The first kappa shape index (κ1) is 46.8. The average Bonchev–Trinajstić information content (AvgIpc) is 3.92. The molecule has 0 spiro atoms. The van der Waals surface area contributed by atoms with Crippen molar-refractivity contribution in [3.8, 4) is 11.4 Å². The number of esters is 2. The number of hydrogen-bond acceptors (Lipinski definition) is 14. The average molecular weight is 1070 g/mol. The van der Waals surface area contributed by atoms with E-state index in [0.717, 1.165) is 40.3 Å². The predicted molar refractivity (Wildman–Crippen MR) is 250 cm³/mol. The number of benzene rings is 4. The van der Waals surface area contributed by atoms with Gasteiger partial charge in [0.25, 0.3) is 0 Å². The highest BCUT2D eigenvalue weighted by molar-refractivity contribution is 14.1. The quantitative estimate of drug-likeness (QED) is 0.0242. The fourth-order valence-electron chi connectivity index (χ4n) is 5.82. The van der Waals surface area contributed by atoms with Crippen LogP contribution in [0.1, 0.15) is 20.7 Å². The summed E-state index contributed by atoms with van der Waals surface area (Å²) in [5, 5.41) is 19.7. The second-order valence-electron chi connectivity index (χ2n) is 13.4. The number of halogens is 2. The highest BCUT2D eigenvalue weighted by atomic mass is 127. The minimum atomic E-state index is -0.441. The lowest BCUT2D eigenvalue weighted by Gasteiger charge is -2.07. The molecule has 6 rings (SSSR count). The van der Waals surface area contributed by atoms with Crippen molar-refractivity contribution in [3.63, 3.8) is 0 Å². The fourth-order valence-corrected chi connectivity index (χ4v) is 7.35. The Morgan fingerprint density at radius 3 is 1.16 bits per heavy atom. The maximum Gasteiger partial charge on any atom is 0.338 e. The molecule has 0 atom stereocenters. The van der Waals surface area contributed by atoms with Crippen LogP contribution in [0.3, 0.4) is 0 Å². The molecule has 4 aromatic carbocycles. The summed E-state index contributed by atoms with van der Waals surface area (Å²) in [6.45, 7) is 4.64. The molecule has 0 aliphatic rings. The normalized spacial score (nSPS) is 11.7. The monoisotopic (exact) mass is 1070 g/mol. The lowest BCUT2D eigenvalue weighted by Crippen LogP contribution is -2.13. The van der Waals surface area contributed by atoms with E-state index in [2.05, 4.69) is 87.7 Å². The minimum Gasteiger partial charge on any atom is -0.460 e. The second-order valence-corrected chi connectivity index (χ2v) is 15.7. The van der Waals surface area contributed by atoms with Gasteiger partial charge in [0.1, 0.15) is 13.2 Å². The zero-order chi connectivity index (χ0) is 43.5. The Bertz CT molecular complexity index is 2270. The molecule has 6 aromatic rings. The number of carbonyl (C=O) groups excluding carboxylic acids is 2. The minimum absolute atomic E-state index is 0.140. The third-order valence-corrected chi connectivity index (χ3v) is 10.6. The maximum atomic E-state index is 12.4. The number of aromatic nitrogens is 2. The van der Waals surface area contributed by atoms with Gasteiger partial charge in [-0.15, -0.1) is 0 Å². The molecule has 0 unspecified atom stereocenters. The Morgan fingerprint density at radius 2 is 0.790 bits per heavy atom. The van der Waals surface area contributed by atoms with Crippen LogP contribution in [-0.4, -0.2) is 115 Å². The number of fused-ring (bicyclic) bond motifs is 2. The molecule has 2 N–H and O–H groups in total. The number of azo groups is 2. The Hall–Kier alpha value is -4.68. The van der Waals surface area contributed by atoms with Crippen LogP contribution in [0.4, 0.5) is 22.7 Å². The molecule has 0 aliphatic carbocycles. The van der Waals surface area contributed by atoms with Crippen molar-refractivity contribution in [1.82, 2.24) is 9.97 Å². The van der Waals surface area contributed by atoms with Gasteiger partial charge in [-0.25, -0.2) is 9.59 Å². The molecule has 0 saturated carbocycles. The van der Waals surface area contributed by atoms with Gasteiger partial charge in [-0.2, -0.15) is 20.5 Å². The van der Waals surface area contributed by atoms with Crippen LogP contribution in [0.5, 0.6) is 0 Å². The zero-order valence-corrected chi connectivity index (χ0v) is 38.5. The first-order valence-electron chi connectivity index (χ1n) is 19.6. The van der Waals surface area contributed by atoms with Crippen molar-refractivity contribution in [2.45, 2.75) is 0 Å². The molecule has 2 aromatic heterocycles. The van der Waals surface area contributed by atoms with Crippen LogP contribution in [0.25, 0.3) is 33.2 Å². The number of carbonyl (C=O) groups is 2. The van der Waals surface area contributed by atoms with Crippen molar-refractivity contribution in [2.24, 2.45) is 20.5 Å². The van der Waals surface area contributed by atoms with Gasteiger partial charge in [0, 0.05) is 32.1 Å². The summed E-state index contributed by atoms with van der Waals surface area (Å²) < 4.78 is 43.9. The van der Waals surface area contributed by atoms with Crippen molar-refractivity contribution < 1.29 is 47.5 Å². The number of ether oxygens (including phenoxy) is 8. The van der Waals surface area contributed by atoms with Crippen LogP contribution in [0.15, 0.2) is 105 Å². The number of methoxy groups -OCH3 is 2. The van der Waals surface area contributed by atoms with Gasteiger partial charge in [0.2, 0.25) is 0 Å². The Morgan fingerprint density at radius 1 is 0.452 bits per heavy atom. The SMILES string of the molecule is COCCOCCOCCOC(=O)c1ccc(N=Nc2cc(I)c3[nH]c(-c4cc5cc(N=Nc6ccc(C(=O)OCCOCCOCCOC)cc6)cc(I)c5[nH]4)cc3c2)cc1. The first-order valence-corrected chi connectivity index (χ1v) is 21.8. The summed E-state index contributed by atoms with van der Waals surface area (Å²) in [6, 6.07) is 25.5. The fraction of sp³-hybridized carbons (Fsp3) is 0.318. The molecule has 0 fully saturated rings. The number of hydrogen-bond donors (Lipinski definition) is 2. The Kier molecular flexibility index (Phi) is 18.7. The number of nitrogens with zero attached hydrogens (tertiary/aromatic N) is 4. The largest absolute Gasteiger partial charge is 0.460 e. The van der Waals surface area contributed by atoms with Gasteiger partial charge < -0.3 is 47.9 Å². The zero-order valence-electron chi connectivity index (χ0n) is 34.2. The standard InChI is InChI=1S/C44H46I2N6O10/c1-55-11-13-57-15-17-59-19-21-61-43(53)29-3-7-33(8-4-29)49-51-35-23-31-25-39(47-41(31)37(45)27-35)40-26-32-24-36(28-38(46)42(32)48-40)52-50-34-9-5-30(6-10-34)44(54)62-22-20-60-18-16-58-14-12-56-2/h3-10,23-28,47-48H,11-22H2,1-2H3. The number of H-pyrrole nitrogens is 2. The number of aromatic amines is 2. The van der Waals surface area contributed by atoms with E-state index in [4.69, 9.17) is 37.9 Å². The topological polar surface area (TPSA) is 189 Å². The van der Waals surface area contributed by atoms with E-state index in [1.54, 1.807) is 62.8 Å². The van der Waals surface area contributed by atoms with E-state index in [0.29, 0.717) is 86.7 Å². The summed E-state index contributed by atoms with van der Waals surface area (Å²) in [4.78, 5) is 32.0. The molecule has 62 heavy (non-hydrogen) atoms. The van der Waals surface area contributed by atoms with Gasteiger partial charge in [-0.05, 0) is 130 Å². The van der Waals surface area contributed by atoms with Gasteiger partial charge in [-0.1, -0.05) is 0 Å². The second kappa shape index (κ2) is 24.8. The van der Waals surface area contributed by atoms with E-state index in [-0.39, 0.29) is 26.4 Å². The van der Waals surface area contributed by atoms with Gasteiger partial charge in [-0.3, -0.25) is 0 Å². The van der Waals surface area contributed by atoms with E-state index in [1.165, 1.54) is 0 Å². The summed E-state index contributed by atoms with van der Waals surface area (Å²) in [7, 11) is 3.24. The number of rotatable bonds is 25. The molecule has 16 nitrogen and oxygen atoms in total. The van der Waals surface area contributed by atoms with Crippen LogP contribution in [-0.2, 0) is 37.9 Å². The van der Waals surface area contributed by atoms with Crippen molar-refractivity contribution in [1.29, 1.82) is 0 Å². The van der Waals surface area contributed by atoms with Crippen LogP contribution in [0, 0.1) is 7.14 Å². The van der Waals surface area contributed by atoms with Crippen LogP contribution < -0.4 is 0 Å². The summed E-state index contributed by atoms with van der Waals surface area (Å²) in [5.74, 6) is -0.883. The van der Waals surface area contributed by atoms with E-state index in [9.17, 15) is 9.59 Å². The predicted octanol–water partition coefficient (Wildman–Crippen LogP) is 10.0. The van der Waals surface area contributed by atoms with Gasteiger partial charge >= 0.3 is 11.9 Å². The third-order valence-electron chi connectivity index (χ3n) is 8.92. The first-order chi connectivity index (χ1) is 30.3. The molecular formula is C44H46I2N6O10. The van der Waals surface area contributed by atoms with Crippen molar-refractivity contribution >= 4 is 102 Å². The molecule has 0 radical (unpaired) electrons. The molecular weight excluding hydrogens is 1030 g/mol. The molecule has 326 valence electrons. The van der Waals surface area contributed by atoms with Gasteiger partial charge in [0.15, 0.2) is 0 Å². The Balaban J connectivity index is 1.01. The summed E-state index contributed by atoms with van der Waals surface area (Å²) in [5.41, 5.74) is 7.18. The van der Waals surface area contributed by atoms with E-state index < -0.39 is 11.9 Å². The van der Waals surface area contributed by atoms with Crippen molar-refractivity contribution in [2.75, 3.05) is 93.5 Å². The molecule has 2 heterocycles. The molecule has 0 bridgehead atoms. The molecule has 18 heteroatoms. The molecule has 0 aliphatic heterocycles. The lowest BCUT2D eigenvalue weighted by atomic mass is 10.2. The lowest BCUT2D eigenvalue weighted by molar-refractivity contribution is 0.00552. The highest BCUT2D eigenvalue weighted by Crippen LogP contribution is 2.35. The summed E-state index contributed by atoms with van der Waals surface area (Å²) >= 11 is 4.58. The van der Waals surface area contributed by atoms with Crippen LogP contribution >= 0.6 is 45.2 Å². The molecule has 0 amide bonds. The molecule has 0 saturated heterocycles. The smallest absolute Gasteiger partial charge is 0.338 e. The van der Waals surface area contributed by atoms with E-state index in [1.807, 2.05) is 24.3 Å². The van der Waals surface area contributed by atoms with E-state index >= 15 is 0 Å². The maximum absolute atomic E-state index is 12.4.